The van der Waals surface area contributed by atoms with E-state index >= 15 is 0 Å². The molecule has 1 heterocycles. The first-order valence-corrected chi connectivity index (χ1v) is 8.95. The maximum Gasteiger partial charge on any atom is 0.154 e. The highest BCUT2D eigenvalue weighted by Gasteiger charge is 2.06. The van der Waals surface area contributed by atoms with Crippen molar-refractivity contribution in [2.45, 2.75) is 6.73 Å². The van der Waals surface area contributed by atoms with Crippen LogP contribution >= 0.6 is 32.6 Å². The smallest absolute Gasteiger partial charge is 0.154 e. The van der Waals surface area contributed by atoms with Gasteiger partial charge in [-0.3, -0.25) is 4.79 Å². The second kappa shape index (κ2) is 6.02. The largest absolute Gasteiger partial charge is 0.358 e. The maximum atomic E-state index is 10.6. The molecule has 0 radical (unpaired) electrons. The summed E-state index contributed by atoms with van der Waals surface area (Å²) >= 11 is 2.04. The fourth-order valence-corrected chi connectivity index (χ4v) is 2.19. The van der Waals surface area contributed by atoms with Crippen LogP contribution in [-0.4, -0.2) is 47.2 Å². The van der Waals surface area contributed by atoms with Gasteiger partial charge in [-0.2, -0.15) is 5.10 Å². The summed E-state index contributed by atoms with van der Waals surface area (Å²) in [5.74, 6) is 1.09. The molecule has 92 valence electrons. The Hall–Kier alpha value is -0.0800. The van der Waals surface area contributed by atoms with Gasteiger partial charge < -0.3 is 4.74 Å². The van der Waals surface area contributed by atoms with Gasteiger partial charge in [0.25, 0.3) is 0 Å². The molecule has 0 atom stereocenters. The van der Waals surface area contributed by atoms with Crippen molar-refractivity contribution in [2.24, 2.45) is 0 Å². The van der Waals surface area contributed by atoms with Crippen molar-refractivity contribution in [1.29, 1.82) is 0 Å². The lowest BCUT2D eigenvalue weighted by molar-refractivity contribution is 0.0806. The molecule has 0 aliphatic rings. The number of halogens is 1. The van der Waals surface area contributed by atoms with E-state index in [-0.39, 0.29) is 0 Å². The topological polar surface area (TPSA) is 44.1 Å². The maximum absolute atomic E-state index is 10.6. The summed E-state index contributed by atoms with van der Waals surface area (Å²) in [5.41, 5.74) is 0.616. The van der Waals surface area contributed by atoms with Crippen LogP contribution in [0.2, 0.25) is 0 Å². The Balaban J connectivity index is 2.35. The molecule has 1 rings (SSSR count). The van der Waals surface area contributed by atoms with Crippen LogP contribution in [0.25, 0.3) is 0 Å². The molecule has 6 heteroatoms. The minimum atomic E-state index is -0.498. The highest BCUT2D eigenvalue weighted by molar-refractivity contribution is 14.1. The van der Waals surface area contributed by atoms with E-state index in [0.29, 0.717) is 12.3 Å². The molecular weight excluding hydrogens is 339 g/mol. The molecule has 0 fully saturated rings. The lowest BCUT2D eigenvalue weighted by atomic mass is 10.4. The molecular formula is C10H17IN2O2S. The van der Waals surface area contributed by atoms with Crippen LogP contribution < -0.4 is 0 Å². The molecule has 16 heavy (non-hydrogen) atoms. The van der Waals surface area contributed by atoms with Gasteiger partial charge in [0.05, 0.1) is 12.2 Å². The van der Waals surface area contributed by atoms with Crippen LogP contribution in [0.1, 0.15) is 10.4 Å². The number of nitrogens with zero attached hydrogens (tertiary/aromatic N) is 2. The standard InChI is InChI=1S/C10H17IN2O2S/c1-16(2,3)5-4-15-8-13-6-9(7-14)10(11)12-13/h6-7H,4-5,8H2,1-3H3. The van der Waals surface area contributed by atoms with Gasteiger partial charge in [-0.05, 0) is 41.4 Å². The summed E-state index contributed by atoms with van der Waals surface area (Å²) in [5, 5.41) is 4.17. The lowest BCUT2D eigenvalue weighted by Crippen LogP contribution is -2.10. The van der Waals surface area contributed by atoms with Gasteiger partial charge in [-0.1, -0.05) is 0 Å². The van der Waals surface area contributed by atoms with Gasteiger partial charge in [-0.15, -0.1) is 0 Å². The summed E-state index contributed by atoms with van der Waals surface area (Å²) in [6, 6.07) is 0. The second-order valence-electron chi connectivity index (χ2n) is 4.36. The molecule has 0 N–H and O–H groups in total. The highest BCUT2D eigenvalue weighted by atomic mass is 127. The van der Waals surface area contributed by atoms with E-state index in [2.05, 4.69) is 23.9 Å². The van der Waals surface area contributed by atoms with Crippen molar-refractivity contribution < 1.29 is 9.53 Å². The zero-order chi connectivity index (χ0) is 12.2. The minimum absolute atomic E-state index is 0.416. The Morgan fingerprint density at radius 1 is 1.56 bits per heavy atom. The van der Waals surface area contributed by atoms with Crippen molar-refractivity contribution in [2.75, 3.05) is 31.1 Å². The zero-order valence-corrected chi connectivity index (χ0v) is 12.7. The second-order valence-corrected chi connectivity index (χ2v) is 9.98. The van der Waals surface area contributed by atoms with Crippen LogP contribution in [0.15, 0.2) is 6.20 Å². The highest BCUT2D eigenvalue weighted by Crippen LogP contribution is 2.33. The summed E-state index contributed by atoms with van der Waals surface area (Å²) in [6.07, 6.45) is 9.30. The zero-order valence-electron chi connectivity index (χ0n) is 9.77. The first-order valence-electron chi connectivity index (χ1n) is 4.84. The Labute approximate surface area is 111 Å². The summed E-state index contributed by atoms with van der Waals surface area (Å²) < 4.78 is 7.89. The van der Waals surface area contributed by atoms with Crippen LogP contribution in [-0.2, 0) is 11.5 Å². The van der Waals surface area contributed by atoms with Gasteiger partial charge in [0.15, 0.2) is 6.29 Å². The van der Waals surface area contributed by atoms with Gasteiger partial charge in [-0.25, -0.2) is 14.7 Å². The van der Waals surface area contributed by atoms with Crippen molar-refractivity contribution in [3.8, 4) is 0 Å². The molecule has 0 aromatic carbocycles. The van der Waals surface area contributed by atoms with Crippen molar-refractivity contribution in [3.05, 3.63) is 15.5 Å². The molecule has 1 aromatic rings. The van der Waals surface area contributed by atoms with Crippen molar-refractivity contribution in [1.82, 2.24) is 9.78 Å². The van der Waals surface area contributed by atoms with Crippen LogP contribution in [0.5, 0.6) is 0 Å². The molecule has 0 unspecified atom stereocenters. The molecule has 0 amide bonds. The molecule has 0 aliphatic heterocycles. The predicted molar refractivity (Wildman–Crippen MR) is 76.5 cm³/mol. The van der Waals surface area contributed by atoms with E-state index in [1.807, 2.05) is 22.6 Å². The predicted octanol–water partition coefficient (Wildman–Crippen LogP) is 1.97. The van der Waals surface area contributed by atoms with Crippen LogP contribution in [0, 0.1) is 3.70 Å². The van der Waals surface area contributed by atoms with E-state index in [0.717, 1.165) is 22.3 Å². The van der Waals surface area contributed by atoms with Gasteiger partial charge >= 0.3 is 0 Å². The van der Waals surface area contributed by atoms with E-state index in [1.165, 1.54) is 0 Å². The van der Waals surface area contributed by atoms with Crippen molar-refractivity contribution in [3.63, 3.8) is 0 Å². The summed E-state index contributed by atoms with van der Waals surface area (Å²) in [4.78, 5) is 10.6. The first kappa shape index (κ1) is 14.0. The molecule has 0 spiro atoms. The third-order valence-corrected chi connectivity index (χ3v) is 4.16. The summed E-state index contributed by atoms with van der Waals surface area (Å²) in [6.45, 7) is 1.16. The Morgan fingerprint density at radius 2 is 2.25 bits per heavy atom. The molecule has 0 bridgehead atoms. The van der Waals surface area contributed by atoms with Crippen LogP contribution in [0.4, 0.5) is 0 Å². The fourth-order valence-electron chi connectivity index (χ4n) is 1.03. The molecule has 4 nitrogen and oxygen atoms in total. The third-order valence-electron chi connectivity index (χ3n) is 1.93. The lowest BCUT2D eigenvalue weighted by Gasteiger charge is -2.24. The van der Waals surface area contributed by atoms with Gasteiger partial charge in [0, 0.05) is 11.9 Å². The van der Waals surface area contributed by atoms with Crippen LogP contribution in [0.3, 0.4) is 0 Å². The number of aldehydes is 1. The number of rotatable bonds is 6. The first-order chi connectivity index (χ1) is 7.42. The Morgan fingerprint density at radius 3 is 2.75 bits per heavy atom. The average molecular weight is 356 g/mol. The number of carbonyl (C=O) groups is 1. The van der Waals surface area contributed by atoms with E-state index < -0.39 is 10.0 Å². The Kier molecular flexibility index (Phi) is 5.26. The molecule has 1 aromatic heterocycles. The SMILES string of the molecule is CS(C)(C)CCOCn1cc(C=O)c(I)n1. The monoisotopic (exact) mass is 356 g/mol. The molecule has 0 aliphatic carbocycles. The number of aromatic nitrogens is 2. The Bertz CT molecular complexity index is 360. The van der Waals surface area contributed by atoms with Gasteiger partial charge in [0.1, 0.15) is 10.4 Å². The minimum Gasteiger partial charge on any atom is -0.358 e. The summed E-state index contributed by atoms with van der Waals surface area (Å²) in [7, 11) is -0.498. The third kappa shape index (κ3) is 4.84. The number of carbonyl (C=O) groups excluding carboxylic acids is 1. The number of hydrogen-bond acceptors (Lipinski definition) is 3. The molecule has 0 saturated carbocycles. The quantitative estimate of drug-likeness (QED) is 0.445. The molecule has 0 saturated heterocycles. The van der Waals surface area contributed by atoms with Gasteiger partial charge in [0.2, 0.25) is 0 Å². The normalized spacial score (nSPS) is 12.8. The van der Waals surface area contributed by atoms with E-state index in [1.54, 1.807) is 10.9 Å². The number of ether oxygens (including phenoxy) is 1. The van der Waals surface area contributed by atoms with Crippen molar-refractivity contribution >= 4 is 38.9 Å². The fraction of sp³-hybridized carbons (Fsp3) is 0.600. The number of hydrogen-bond donors (Lipinski definition) is 0. The van der Waals surface area contributed by atoms with E-state index in [4.69, 9.17) is 4.74 Å². The average Bonchev–Trinajstić information content (AvgIpc) is 2.52. The van der Waals surface area contributed by atoms with E-state index in [9.17, 15) is 4.79 Å².